The summed E-state index contributed by atoms with van der Waals surface area (Å²) in [4.78, 5) is 27.4. The quantitative estimate of drug-likeness (QED) is 0.219. The molecule has 0 amide bonds. The number of aliphatic hydroxyl groups is 1. The van der Waals surface area contributed by atoms with Gasteiger partial charge < -0.3 is 26.1 Å². The molecule has 33 heavy (non-hydrogen) atoms. The van der Waals surface area contributed by atoms with Crippen molar-refractivity contribution in [2.75, 3.05) is 18.9 Å². The van der Waals surface area contributed by atoms with Crippen molar-refractivity contribution in [3.8, 4) is 11.4 Å². The predicted octanol–water partition coefficient (Wildman–Crippen LogP) is 3.67. The molecule has 4 aromatic rings. The Balaban J connectivity index is 1.68. The standard InChI is InChI=1S/C24H25ClN6O2/c1-12-4-5-14(9-16(12)25)19(32)11-29-17-6-7-28-24(33)20(17)23-30-18-10-15(22(26)27-3)8-13(2)21(18)31-23/h4-10,19,32H,11H2,1-3H3,(H2,26,27)(H,30,31)(H2,28,29,33). The monoisotopic (exact) mass is 464 g/mol. The molecule has 0 spiro atoms. The second kappa shape index (κ2) is 9.09. The minimum absolute atomic E-state index is 0.183. The van der Waals surface area contributed by atoms with Gasteiger partial charge in [0.05, 0.1) is 22.8 Å². The highest BCUT2D eigenvalue weighted by atomic mass is 35.5. The number of benzene rings is 2. The lowest BCUT2D eigenvalue weighted by Crippen LogP contribution is -2.17. The Morgan fingerprint density at radius 3 is 2.76 bits per heavy atom. The second-order valence-corrected chi connectivity index (χ2v) is 8.29. The lowest BCUT2D eigenvalue weighted by molar-refractivity contribution is 0.191. The molecule has 2 aromatic heterocycles. The highest BCUT2D eigenvalue weighted by Crippen LogP contribution is 2.28. The van der Waals surface area contributed by atoms with E-state index in [2.05, 4.69) is 25.3 Å². The Kier molecular flexibility index (Phi) is 6.22. The van der Waals surface area contributed by atoms with Crippen LogP contribution in [0.3, 0.4) is 0 Å². The number of amidine groups is 1. The number of aliphatic hydroxyl groups excluding tert-OH is 1. The summed E-state index contributed by atoms with van der Waals surface area (Å²) in [5, 5.41) is 14.4. The minimum atomic E-state index is -0.813. The van der Waals surface area contributed by atoms with Gasteiger partial charge in [0.25, 0.3) is 5.56 Å². The third-order valence-corrected chi connectivity index (χ3v) is 5.99. The van der Waals surface area contributed by atoms with Crippen LogP contribution in [0.25, 0.3) is 22.4 Å². The van der Waals surface area contributed by atoms with Crippen molar-refractivity contribution in [1.82, 2.24) is 15.0 Å². The summed E-state index contributed by atoms with van der Waals surface area (Å²) in [5.41, 5.74) is 11.3. The van der Waals surface area contributed by atoms with Gasteiger partial charge >= 0.3 is 0 Å². The van der Waals surface area contributed by atoms with E-state index in [-0.39, 0.29) is 12.1 Å². The van der Waals surface area contributed by atoms with Crippen LogP contribution in [0.5, 0.6) is 0 Å². The van der Waals surface area contributed by atoms with E-state index in [1.807, 2.05) is 38.1 Å². The minimum Gasteiger partial charge on any atom is -0.387 e. The average Bonchev–Trinajstić information content (AvgIpc) is 3.23. The van der Waals surface area contributed by atoms with E-state index in [0.29, 0.717) is 33.5 Å². The number of imidazole rings is 1. The zero-order chi connectivity index (χ0) is 23.7. The van der Waals surface area contributed by atoms with Crippen LogP contribution < -0.4 is 16.6 Å². The fourth-order valence-corrected chi connectivity index (χ4v) is 3.88. The summed E-state index contributed by atoms with van der Waals surface area (Å²) in [5.74, 6) is 0.829. The van der Waals surface area contributed by atoms with Crippen molar-refractivity contribution in [2.45, 2.75) is 20.0 Å². The van der Waals surface area contributed by atoms with E-state index in [0.717, 1.165) is 27.7 Å². The smallest absolute Gasteiger partial charge is 0.261 e. The topological polar surface area (TPSA) is 132 Å². The molecular weight excluding hydrogens is 440 g/mol. The molecule has 0 aliphatic carbocycles. The van der Waals surface area contributed by atoms with Crippen LogP contribution in [0.4, 0.5) is 5.69 Å². The van der Waals surface area contributed by atoms with Crippen LogP contribution in [-0.4, -0.2) is 39.5 Å². The first-order valence-electron chi connectivity index (χ1n) is 10.4. The molecule has 0 aliphatic heterocycles. The highest BCUT2D eigenvalue weighted by Gasteiger charge is 2.17. The summed E-state index contributed by atoms with van der Waals surface area (Å²) in [6.07, 6.45) is 0.736. The van der Waals surface area contributed by atoms with E-state index in [4.69, 9.17) is 17.3 Å². The molecule has 0 saturated carbocycles. The second-order valence-electron chi connectivity index (χ2n) is 7.88. The number of aliphatic imine (C=N–C) groups is 1. The van der Waals surface area contributed by atoms with Gasteiger partial charge in [-0.3, -0.25) is 9.79 Å². The molecular formula is C24H25ClN6O2. The van der Waals surface area contributed by atoms with E-state index in [1.54, 1.807) is 25.4 Å². The van der Waals surface area contributed by atoms with Crippen LogP contribution in [0, 0.1) is 13.8 Å². The number of aromatic nitrogens is 3. The predicted molar refractivity (Wildman–Crippen MR) is 133 cm³/mol. The van der Waals surface area contributed by atoms with E-state index in [1.165, 1.54) is 0 Å². The lowest BCUT2D eigenvalue weighted by Gasteiger charge is -2.15. The van der Waals surface area contributed by atoms with Crippen molar-refractivity contribution < 1.29 is 5.11 Å². The first-order chi connectivity index (χ1) is 15.8. The maximum absolute atomic E-state index is 12.7. The van der Waals surface area contributed by atoms with Crippen molar-refractivity contribution in [2.24, 2.45) is 10.7 Å². The van der Waals surface area contributed by atoms with Gasteiger partial charge in [0.2, 0.25) is 0 Å². The summed E-state index contributed by atoms with van der Waals surface area (Å²) in [6.45, 7) is 4.01. The molecule has 1 atom stereocenters. The van der Waals surface area contributed by atoms with Crippen molar-refractivity contribution in [3.63, 3.8) is 0 Å². The number of nitrogens with zero attached hydrogens (tertiary/aromatic N) is 2. The molecule has 4 rings (SSSR count). The van der Waals surface area contributed by atoms with Gasteiger partial charge in [-0.15, -0.1) is 0 Å². The number of hydrogen-bond acceptors (Lipinski definition) is 5. The van der Waals surface area contributed by atoms with Crippen molar-refractivity contribution in [1.29, 1.82) is 0 Å². The molecule has 6 N–H and O–H groups in total. The Morgan fingerprint density at radius 1 is 1.24 bits per heavy atom. The number of fused-ring (bicyclic) bond motifs is 1. The number of nitrogens with two attached hydrogens (primary N) is 1. The molecule has 0 fully saturated rings. The Hall–Kier alpha value is -3.62. The molecule has 0 radical (unpaired) electrons. The van der Waals surface area contributed by atoms with Gasteiger partial charge in [0.15, 0.2) is 0 Å². The first-order valence-corrected chi connectivity index (χ1v) is 10.8. The van der Waals surface area contributed by atoms with Crippen LogP contribution in [-0.2, 0) is 0 Å². The SMILES string of the molecule is CN=C(N)c1cc(C)c2nc(-c3c(NCC(O)c4ccc(C)c(Cl)c4)cc[nH]c3=O)[nH]c2c1. The third-order valence-electron chi connectivity index (χ3n) is 5.58. The number of aromatic amines is 2. The van der Waals surface area contributed by atoms with E-state index in [9.17, 15) is 9.90 Å². The molecule has 8 nitrogen and oxygen atoms in total. The number of nitrogens with one attached hydrogen (secondary N) is 3. The van der Waals surface area contributed by atoms with Crippen molar-refractivity contribution >= 4 is 34.2 Å². The average molecular weight is 465 g/mol. The summed E-state index contributed by atoms with van der Waals surface area (Å²) < 4.78 is 0. The summed E-state index contributed by atoms with van der Waals surface area (Å²) in [7, 11) is 1.63. The van der Waals surface area contributed by atoms with E-state index >= 15 is 0 Å². The highest BCUT2D eigenvalue weighted by molar-refractivity contribution is 6.31. The fraction of sp³-hybridized carbons (Fsp3) is 0.208. The molecule has 9 heteroatoms. The molecule has 0 bridgehead atoms. The van der Waals surface area contributed by atoms with Gasteiger partial charge in [-0.05, 0) is 54.8 Å². The number of rotatable bonds is 6. The molecule has 0 aliphatic rings. The number of halogens is 1. The number of hydrogen-bond donors (Lipinski definition) is 5. The van der Waals surface area contributed by atoms with Gasteiger partial charge in [-0.1, -0.05) is 23.7 Å². The lowest BCUT2D eigenvalue weighted by atomic mass is 10.1. The number of aryl methyl sites for hydroxylation is 2. The van der Waals surface area contributed by atoms with Crippen LogP contribution in [0.2, 0.25) is 5.02 Å². The zero-order valence-electron chi connectivity index (χ0n) is 18.5. The maximum Gasteiger partial charge on any atom is 0.261 e. The number of pyridine rings is 1. The van der Waals surface area contributed by atoms with Crippen molar-refractivity contribution in [3.05, 3.63) is 80.2 Å². The van der Waals surface area contributed by atoms with Crippen LogP contribution >= 0.6 is 11.6 Å². The Labute approximate surface area is 195 Å². The third kappa shape index (κ3) is 4.48. The van der Waals surface area contributed by atoms with Gasteiger partial charge in [-0.25, -0.2) is 4.98 Å². The summed E-state index contributed by atoms with van der Waals surface area (Å²) in [6, 6.07) is 10.9. The molecule has 2 heterocycles. The molecule has 0 saturated heterocycles. The van der Waals surface area contributed by atoms with Gasteiger partial charge in [0, 0.05) is 30.4 Å². The maximum atomic E-state index is 12.7. The zero-order valence-corrected chi connectivity index (χ0v) is 19.3. The van der Waals surface area contributed by atoms with E-state index < -0.39 is 6.10 Å². The largest absolute Gasteiger partial charge is 0.387 e. The van der Waals surface area contributed by atoms with Crippen LogP contribution in [0.15, 0.2) is 52.4 Å². The number of H-pyrrole nitrogens is 2. The molecule has 2 aromatic carbocycles. The summed E-state index contributed by atoms with van der Waals surface area (Å²) >= 11 is 6.19. The Bertz CT molecular complexity index is 1420. The number of anilines is 1. The van der Waals surface area contributed by atoms with Gasteiger partial charge in [-0.2, -0.15) is 0 Å². The molecule has 170 valence electrons. The molecule has 1 unspecified atom stereocenters. The van der Waals surface area contributed by atoms with Crippen LogP contribution in [0.1, 0.15) is 28.4 Å². The first kappa shape index (κ1) is 22.6. The Morgan fingerprint density at radius 2 is 2.03 bits per heavy atom. The fourth-order valence-electron chi connectivity index (χ4n) is 3.69. The normalized spacial score (nSPS) is 12.8. The van der Waals surface area contributed by atoms with Gasteiger partial charge in [0.1, 0.15) is 17.2 Å².